The second-order valence-electron chi connectivity index (χ2n) is 7.58. The third kappa shape index (κ3) is 5.35. The molecule has 31 heavy (non-hydrogen) atoms. The van der Waals surface area contributed by atoms with Gasteiger partial charge in [0.2, 0.25) is 5.13 Å². The number of ether oxygens (including phenoxy) is 1. The first-order chi connectivity index (χ1) is 14.7. The standard InChI is InChI=1S/C23H27ClN4O2S/c1-7-15(5)27-28-23-25-18-10-14(4)21(16(6)22(18)31-23)26-19(29)11-30-17-8-12(2)20(24)13(3)9-17/h8-10H,7,11H2,1-6H3,(H,25,28)(H,26,29)/b27-15-. The number of carbonyl (C=O) groups is 1. The summed E-state index contributed by atoms with van der Waals surface area (Å²) in [4.78, 5) is 17.2. The minimum Gasteiger partial charge on any atom is -0.484 e. The minimum atomic E-state index is -0.221. The van der Waals surface area contributed by atoms with Crippen LogP contribution < -0.4 is 15.5 Å². The lowest BCUT2D eigenvalue weighted by Crippen LogP contribution is -2.21. The molecule has 1 heterocycles. The van der Waals surface area contributed by atoms with E-state index < -0.39 is 0 Å². The first-order valence-electron chi connectivity index (χ1n) is 10.1. The van der Waals surface area contributed by atoms with E-state index >= 15 is 0 Å². The van der Waals surface area contributed by atoms with Gasteiger partial charge in [-0.1, -0.05) is 29.9 Å². The number of hydrazone groups is 1. The Morgan fingerprint density at radius 1 is 1.16 bits per heavy atom. The highest BCUT2D eigenvalue weighted by Crippen LogP contribution is 2.35. The molecular formula is C23H27ClN4O2S. The van der Waals surface area contributed by atoms with Gasteiger partial charge < -0.3 is 10.1 Å². The Bertz CT molecular complexity index is 1150. The van der Waals surface area contributed by atoms with Gasteiger partial charge >= 0.3 is 0 Å². The van der Waals surface area contributed by atoms with E-state index in [1.165, 1.54) is 11.3 Å². The number of aromatic nitrogens is 1. The van der Waals surface area contributed by atoms with E-state index in [1.54, 1.807) is 0 Å². The number of halogens is 1. The molecule has 6 nitrogen and oxygen atoms in total. The molecule has 3 rings (SSSR count). The van der Waals surface area contributed by atoms with Crippen molar-refractivity contribution in [2.45, 2.75) is 48.0 Å². The van der Waals surface area contributed by atoms with Crippen LogP contribution >= 0.6 is 22.9 Å². The molecule has 0 aliphatic carbocycles. The van der Waals surface area contributed by atoms with Gasteiger partial charge in [-0.3, -0.25) is 10.2 Å². The predicted molar refractivity (Wildman–Crippen MR) is 131 cm³/mol. The number of hydrogen-bond acceptors (Lipinski definition) is 6. The smallest absolute Gasteiger partial charge is 0.262 e. The summed E-state index contributed by atoms with van der Waals surface area (Å²) in [6.45, 7) is 11.7. The molecular weight excluding hydrogens is 432 g/mol. The largest absolute Gasteiger partial charge is 0.484 e. The molecule has 0 saturated carbocycles. The van der Waals surface area contributed by atoms with Crippen molar-refractivity contribution in [2.75, 3.05) is 17.3 Å². The highest BCUT2D eigenvalue weighted by Gasteiger charge is 2.15. The van der Waals surface area contributed by atoms with Crippen LogP contribution in [-0.4, -0.2) is 23.2 Å². The molecule has 0 spiro atoms. The van der Waals surface area contributed by atoms with Crippen LogP contribution in [0.15, 0.2) is 23.3 Å². The number of nitrogens with zero attached hydrogens (tertiary/aromatic N) is 2. The predicted octanol–water partition coefficient (Wildman–Crippen LogP) is 6.40. The fourth-order valence-electron chi connectivity index (χ4n) is 3.16. The molecule has 0 saturated heterocycles. The van der Waals surface area contributed by atoms with Crippen LogP contribution in [0.3, 0.4) is 0 Å². The molecule has 0 aliphatic rings. The second kappa shape index (κ2) is 9.66. The third-order valence-electron chi connectivity index (χ3n) is 5.01. The van der Waals surface area contributed by atoms with Crippen molar-refractivity contribution in [3.05, 3.63) is 45.5 Å². The summed E-state index contributed by atoms with van der Waals surface area (Å²) in [6.07, 6.45) is 0.878. The van der Waals surface area contributed by atoms with Crippen LogP contribution in [0.1, 0.15) is 42.5 Å². The Hall–Kier alpha value is -2.64. The van der Waals surface area contributed by atoms with Gasteiger partial charge in [-0.2, -0.15) is 5.10 Å². The highest BCUT2D eigenvalue weighted by atomic mass is 35.5. The maximum absolute atomic E-state index is 12.6. The summed E-state index contributed by atoms with van der Waals surface area (Å²) in [5, 5.41) is 8.75. The van der Waals surface area contributed by atoms with Crippen molar-refractivity contribution < 1.29 is 9.53 Å². The monoisotopic (exact) mass is 458 g/mol. The summed E-state index contributed by atoms with van der Waals surface area (Å²) in [7, 11) is 0. The summed E-state index contributed by atoms with van der Waals surface area (Å²) in [5.74, 6) is 0.404. The zero-order chi connectivity index (χ0) is 22.7. The molecule has 0 radical (unpaired) electrons. The molecule has 2 aromatic carbocycles. The van der Waals surface area contributed by atoms with Crippen LogP contribution in [-0.2, 0) is 4.79 Å². The summed E-state index contributed by atoms with van der Waals surface area (Å²) >= 11 is 7.71. The summed E-state index contributed by atoms with van der Waals surface area (Å²) in [5.41, 5.74) is 9.45. The average Bonchev–Trinajstić information content (AvgIpc) is 3.14. The number of fused-ring (bicyclic) bond motifs is 1. The van der Waals surface area contributed by atoms with Crippen molar-refractivity contribution >= 4 is 55.6 Å². The number of aryl methyl sites for hydroxylation is 4. The van der Waals surface area contributed by atoms with Crippen molar-refractivity contribution in [1.82, 2.24) is 4.98 Å². The lowest BCUT2D eigenvalue weighted by Gasteiger charge is -2.13. The third-order valence-corrected chi connectivity index (χ3v) is 6.71. The Kier molecular flexibility index (Phi) is 7.18. The van der Waals surface area contributed by atoms with Crippen molar-refractivity contribution in [3.8, 4) is 5.75 Å². The number of benzene rings is 2. The van der Waals surface area contributed by atoms with Crippen molar-refractivity contribution in [1.29, 1.82) is 0 Å². The molecule has 0 atom stereocenters. The van der Waals surface area contributed by atoms with Crippen LogP contribution in [0.4, 0.5) is 10.8 Å². The molecule has 164 valence electrons. The summed E-state index contributed by atoms with van der Waals surface area (Å²) in [6, 6.07) is 5.64. The quantitative estimate of drug-likeness (QED) is 0.317. The molecule has 3 aromatic rings. The van der Waals surface area contributed by atoms with E-state index in [0.717, 1.165) is 55.4 Å². The first-order valence-corrected chi connectivity index (χ1v) is 11.3. The fourth-order valence-corrected chi connectivity index (χ4v) is 4.16. The molecule has 0 aliphatic heterocycles. The molecule has 0 bridgehead atoms. The van der Waals surface area contributed by atoms with E-state index in [1.807, 2.05) is 52.8 Å². The second-order valence-corrected chi connectivity index (χ2v) is 8.96. The Morgan fingerprint density at radius 2 is 1.84 bits per heavy atom. The summed E-state index contributed by atoms with van der Waals surface area (Å²) < 4.78 is 6.70. The van der Waals surface area contributed by atoms with Gasteiger partial charge in [0.1, 0.15) is 5.75 Å². The van der Waals surface area contributed by atoms with E-state index in [0.29, 0.717) is 10.8 Å². The topological polar surface area (TPSA) is 75.6 Å². The van der Waals surface area contributed by atoms with E-state index in [2.05, 4.69) is 27.8 Å². The maximum atomic E-state index is 12.6. The Balaban J connectivity index is 1.75. The minimum absolute atomic E-state index is 0.0854. The number of thiazole rings is 1. The maximum Gasteiger partial charge on any atom is 0.262 e. The lowest BCUT2D eigenvalue weighted by atomic mass is 10.1. The van der Waals surface area contributed by atoms with E-state index in [-0.39, 0.29) is 12.5 Å². The molecule has 1 amide bonds. The molecule has 1 aromatic heterocycles. The van der Waals surface area contributed by atoms with Gasteiger partial charge in [-0.05, 0) is 81.5 Å². The number of carbonyl (C=O) groups excluding carboxylic acids is 1. The zero-order valence-electron chi connectivity index (χ0n) is 18.6. The van der Waals surface area contributed by atoms with Crippen molar-refractivity contribution in [3.63, 3.8) is 0 Å². The lowest BCUT2D eigenvalue weighted by molar-refractivity contribution is -0.118. The molecule has 0 fully saturated rings. The number of amides is 1. The Morgan fingerprint density at radius 3 is 2.48 bits per heavy atom. The number of hydrogen-bond donors (Lipinski definition) is 2. The van der Waals surface area contributed by atoms with Gasteiger partial charge in [-0.15, -0.1) is 0 Å². The highest BCUT2D eigenvalue weighted by molar-refractivity contribution is 7.22. The van der Waals surface area contributed by atoms with Crippen LogP contribution in [0.25, 0.3) is 10.2 Å². The molecule has 2 N–H and O–H groups in total. The average molecular weight is 459 g/mol. The van der Waals surface area contributed by atoms with Gasteiger partial charge in [0.25, 0.3) is 5.91 Å². The van der Waals surface area contributed by atoms with Crippen LogP contribution in [0.2, 0.25) is 5.02 Å². The SMILES string of the molecule is CC/C(C)=N\Nc1nc2cc(C)c(NC(=O)COc3cc(C)c(Cl)c(C)c3)c(C)c2s1. The molecule has 0 unspecified atom stereocenters. The van der Waals surface area contributed by atoms with Crippen molar-refractivity contribution in [2.24, 2.45) is 5.10 Å². The van der Waals surface area contributed by atoms with Gasteiger partial charge in [0.05, 0.1) is 10.2 Å². The van der Waals surface area contributed by atoms with Crippen LogP contribution in [0.5, 0.6) is 5.75 Å². The van der Waals surface area contributed by atoms with E-state index in [9.17, 15) is 4.79 Å². The number of nitrogens with one attached hydrogen (secondary N) is 2. The Labute approximate surface area is 191 Å². The normalized spacial score (nSPS) is 11.6. The number of rotatable bonds is 7. The zero-order valence-corrected chi connectivity index (χ0v) is 20.2. The number of anilines is 2. The van der Waals surface area contributed by atoms with Crippen LogP contribution in [0, 0.1) is 27.7 Å². The van der Waals surface area contributed by atoms with Gasteiger partial charge in [-0.25, -0.2) is 4.98 Å². The van der Waals surface area contributed by atoms with Gasteiger partial charge in [0, 0.05) is 16.4 Å². The molecule has 8 heteroatoms. The fraction of sp³-hybridized carbons (Fsp3) is 0.348. The van der Waals surface area contributed by atoms with Gasteiger partial charge in [0.15, 0.2) is 6.61 Å². The van der Waals surface area contributed by atoms with E-state index in [4.69, 9.17) is 16.3 Å². The first kappa shape index (κ1) is 23.0.